The van der Waals surface area contributed by atoms with Gasteiger partial charge in [0.15, 0.2) is 0 Å². The van der Waals surface area contributed by atoms with Crippen LogP contribution in [0.2, 0.25) is 13.1 Å². The molecule has 205 valence electrons. The van der Waals surface area contributed by atoms with Crippen LogP contribution < -0.4 is 0 Å². The Morgan fingerprint density at radius 2 is 1.46 bits per heavy atom. The van der Waals surface area contributed by atoms with E-state index in [0.29, 0.717) is 5.92 Å². The molecule has 3 aromatic rings. The molecule has 3 aromatic carbocycles. The average Bonchev–Trinajstić information content (AvgIpc) is 3.48. The van der Waals surface area contributed by atoms with Crippen molar-refractivity contribution in [3.8, 4) is 11.1 Å². The summed E-state index contributed by atoms with van der Waals surface area (Å²) in [6.45, 7) is 18.6. The van der Waals surface area contributed by atoms with E-state index >= 15 is 0 Å². The summed E-state index contributed by atoms with van der Waals surface area (Å²) < 4.78 is 0.312. The normalized spacial score (nSPS) is 19.9. The fourth-order valence-electron chi connectivity index (χ4n) is 7.12. The second-order valence-electron chi connectivity index (χ2n) is 13.4. The molecule has 0 amide bonds. The van der Waals surface area contributed by atoms with Crippen molar-refractivity contribution in [1.29, 1.82) is 0 Å². The molecule has 0 aliphatic heterocycles. The molecule has 2 aliphatic carbocycles. The van der Waals surface area contributed by atoms with Gasteiger partial charge in [-0.15, -0.1) is 0 Å². The van der Waals surface area contributed by atoms with E-state index in [4.69, 9.17) is 17.0 Å². The molecule has 0 saturated carbocycles. The second-order valence-corrected chi connectivity index (χ2v) is 55.9. The van der Waals surface area contributed by atoms with Crippen molar-refractivity contribution in [2.75, 3.05) is 0 Å². The standard InChI is InChI=1S/C21H23.C12H13.C2H7Si.2ClH.Zr/c1-5-15-13-17-7-6-8-19(20(17)14-15)16-9-11-18(12-10-16)21(2,3)4;1-9(2)12-7-10-5-3-4-6-11(10)8-12;1-3-2;;;/h6-14H,5H2,1-4H3;3-9H,1-2H3;3H,1-2H3;2*1H;/q;;;;;+2/p-2. The number of halogens is 2. The number of rotatable bonds is 6. The summed E-state index contributed by atoms with van der Waals surface area (Å²) in [6.07, 6.45) is 5.85. The van der Waals surface area contributed by atoms with Crippen LogP contribution >= 0.6 is 17.0 Å². The molecule has 4 heteroatoms. The fourth-order valence-corrected chi connectivity index (χ4v) is 38.8. The number of hydrogen-bond donors (Lipinski definition) is 0. The third kappa shape index (κ3) is 4.67. The minimum atomic E-state index is -4.64. The van der Waals surface area contributed by atoms with Gasteiger partial charge < -0.3 is 0 Å². The maximum atomic E-state index is 8.43. The van der Waals surface area contributed by atoms with E-state index in [9.17, 15) is 0 Å². The van der Waals surface area contributed by atoms with Crippen molar-refractivity contribution >= 4 is 35.1 Å². The molecule has 2 atom stereocenters. The monoisotopic (exact) mass is 651 g/mol. The first-order valence-corrected chi connectivity index (χ1v) is 30.9. The number of allylic oxidation sites excluding steroid dienone is 2. The molecular weight excluding hydrogens is 611 g/mol. The van der Waals surface area contributed by atoms with Crippen molar-refractivity contribution in [3.05, 3.63) is 106 Å². The quantitative estimate of drug-likeness (QED) is 0.232. The Morgan fingerprint density at radius 1 is 0.821 bits per heavy atom. The molecule has 39 heavy (non-hydrogen) atoms. The predicted octanol–water partition coefficient (Wildman–Crippen LogP) is 11.3. The van der Waals surface area contributed by atoms with Gasteiger partial charge in [0, 0.05) is 0 Å². The zero-order chi connectivity index (χ0) is 28.4. The first kappa shape index (κ1) is 29.3. The number of benzene rings is 3. The Morgan fingerprint density at radius 3 is 2.05 bits per heavy atom. The van der Waals surface area contributed by atoms with Gasteiger partial charge in [-0.2, -0.15) is 0 Å². The molecule has 2 unspecified atom stereocenters. The molecule has 5 rings (SSSR count). The van der Waals surface area contributed by atoms with E-state index in [-0.39, 0.29) is 12.7 Å². The van der Waals surface area contributed by atoms with Gasteiger partial charge in [-0.05, 0) is 0 Å². The molecule has 0 aromatic heterocycles. The summed E-state index contributed by atoms with van der Waals surface area (Å²) in [5.74, 6) is -1.12. The van der Waals surface area contributed by atoms with Crippen molar-refractivity contribution in [1.82, 2.24) is 0 Å². The topological polar surface area (TPSA) is 0 Å². The molecule has 0 nitrogen and oxygen atoms in total. The zero-order valence-corrected chi connectivity index (χ0v) is 29.9. The van der Waals surface area contributed by atoms with Gasteiger partial charge in [-0.25, -0.2) is 0 Å². The van der Waals surface area contributed by atoms with Crippen molar-refractivity contribution < 1.29 is 15.6 Å². The summed E-state index contributed by atoms with van der Waals surface area (Å²) in [5.41, 5.74) is 12.3. The van der Waals surface area contributed by atoms with Gasteiger partial charge >= 0.3 is 247 Å². The Balaban J connectivity index is 1.72. The average molecular weight is 654 g/mol. The summed E-state index contributed by atoms with van der Waals surface area (Å²) in [4.78, 5) is 0. The third-order valence-corrected chi connectivity index (χ3v) is 61.2. The molecule has 0 spiro atoms. The summed E-state index contributed by atoms with van der Waals surface area (Å²) in [5, 5.41) is 0. The van der Waals surface area contributed by atoms with E-state index in [1.54, 1.807) is 0 Å². The Bertz CT molecular complexity index is 1470. The Kier molecular flexibility index (Phi) is 7.72. The van der Waals surface area contributed by atoms with Gasteiger partial charge in [-0.1, -0.05) is 0 Å². The molecule has 0 saturated heterocycles. The molecule has 0 radical (unpaired) electrons. The van der Waals surface area contributed by atoms with Crippen LogP contribution in [0.1, 0.15) is 83.0 Å². The SMILES string of the molecule is CCC1=Cc2c(-c3ccc(C(C)(C)C)cc3)cccc2[CH]1[Zr]([Cl])([Cl])([CH]1C(C(C)C)=Cc2ccccc21)[SiH](C)C. The van der Waals surface area contributed by atoms with Gasteiger partial charge in [-0.3, -0.25) is 0 Å². The first-order valence-electron chi connectivity index (χ1n) is 14.6. The summed E-state index contributed by atoms with van der Waals surface area (Å²) >= 11 is -4.64. The van der Waals surface area contributed by atoms with Gasteiger partial charge in [0.25, 0.3) is 0 Å². The Hall–Kier alpha value is -1.18. The van der Waals surface area contributed by atoms with Crippen LogP contribution in [-0.4, -0.2) is 5.92 Å². The van der Waals surface area contributed by atoms with E-state index < -0.39 is 21.5 Å². The second kappa shape index (κ2) is 10.3. The zero-order valence-electron chi connectivity index (χ0n) is 24.8. The van der Waals surface area contributed by atoms with Crippen molar-refractivity contribution in [2.45, 2.75) is 73.7 Å². The molecular formula is C35H43Cl2SiZr. The Labute approximate surface area is 245 Å². The fraction of sp³-hybridized carbons (Fsp3) is 0.371. The third-order valence-electron chi connectivity index (χ3n) is 9.46. The van der Waals surface area contributed by atoms with Crippen molar-refractivity contribution in [2.24, 2.45) is 5.92 Å². The van der Waals surface area contributed by atoms with E-state index in [2.05, 4.69) is 134 Å². The molecule has 0 bridgehead atoms. The van der Waals surface area contributed by atoms with E-state index in [1.165, 1.54) is 50.1 Å². The van der Waals surface area contributed by atoms with Crippen LogP contribution in [0.4, 0.5) is 0 Å². The molecule has 2 aliphatic rings. The maximum absolute atomic E-state index is 8.43. The van der Waals surface area contributed by atoms with Crippen LogP contribution in [0, 0.1) is 5.92 Å². The van der Waals surface area contributed by atoms with Gasteiger partial charge in [0.2, 0.25) is 0 Å². The van der Waals surface area contributed by atoms with E-state index in [1.807, 2.05) is 0 Å². The predicted molar refractivity (Wildman–Crippen MR) is 174 cm³/mol. The van der Waals surface area contributed by atoms with Crippen LogP contribution in [0.25, 0.3) is 23.3 Å². The van der Waals surface area contributed by atoms with Crippen LogP contribution in [0.5, 0.6) is 0 Å². The van der Waals surface area contributed by atoms with Crippen LogP contribution in [-0.2, 0) is 21.0 Å². The van der Waals surface area contributed by atoms with Crippen molar-refractivity contribution in [3.63, 3.8) is 0 Å². The molecule has 0 fully saturated rings. The van der Waals surface area contributed by atoms with E-state index in [0.717, 1.165) is 6.42 Å². The number of fused-ring (bicyclic) bond motifs is 2. The number of hydrogen-bond acceptors (Lipinski definition) is 0. The summed E-state index contributed by atoms with van der Waals surface area (Å²) in [6, 6.07) is 24.9. The minimum absolute atomic E-state index is 0.135. The van der Waals surface area contributed by atoms with Gasteiger partial charge in [0.05, 0.1) is 0 Å². The summed E-state index contributed by atoms with van der Waals surface area (Å²) in [7, 11) is 16.9. The van der Waals surface area contributed by atoms with Crippen LogP contribution in [0.15, 0.2) is 77.9 Å². The molecule has 0 heterocycles. The first-order chi connectivity index (χ1) is 18.3. The van der Waals surface area contributed by atoms with Gasteiger partial charge in [0.1, 0.15) is 0 Å². The molecule has 0 N–H and O–H groups in total. The van der Waals surface area contributed by atoms with Crippen LogP contribution in [0.3, 0.4) is 0 Å².